The van der Waals surface area contributed by atoms with Gasteiger partial charge in [-0.25, -0.2) is 4.79 Å². The molecule has 1 aliphatic carbocycles. The molecular weight excluding hydrogens is 456 g/mol. The third-order valence-electron chi connectivity index (χ3n) is 6.95. The standard InChI is InChI=1S/C29H36N2O5/c1-34-16-15-26-28(23-7-4-3-5-8-23)29(24-9-6-10-25(17-24)35-2)31(30-26)18-21-11-13-22(14-12-21)19-36-20-27(32)33/h3-10,17,21-22H,11-16,18-20H2,1-2H3,(H,32,33)/t21-,22-. The molecule has 4 rings (SSSR count). The molecule has 3 aromatic rings. The number of benzene rings is 2. The summed E-state index contributed by atoms with van der Waals surface area (Å²) in [4.78, 5) is 10.7. The maximum Gasteiger partial charge on any atom is 0.329 e. The van der Waals surface area contributed by atoms with E-state index in [0.717, 1.165) is 72.5 Å². The maximum absolute atomic E-state index is 10.7. The van der Waals surface area contributed by atoms with Gasteiger partial charge in [0.1, 0.15) is 12.4 Å². The quantitative estimate of drug-likeness (QED) is 0.368. The number of carboxylic acids is 1. The van der Waals surface area contributed by atoms with Gasteiger partial charge >= 0.3 is 5.97 Å². The molecule has 0 radical (unpaired) electrons. The van der Waals surface area contributed by atoms with Crippen molar-refractivity contribution in [2.45, 2.75) is 38.6 Å². The summed E-state index contributed by atoms with van der Waals surface area (Å²) in [6.45, 7) is 1.75. The van der Waals surface area contributed by atoms with Gasteiger partial charge < -0.3 is 19.3 Å². The Labute approximate surface area is 213 Å². The number of ether oxygens (including phenoxy) is 3. The largest absolute Gasteiger partial charge is 0.497 e. The van der Waals surface area contributed by atoms with Crippen LogP contribution < -0.4 is 4.74 Å². The summed E-state index contributed by atoms with van der Waals surface area (Å²) in [6.07, 6.45) is 4.97. The fourth-order valence-corrected chi connectivity index (χ4v) is 5.13. The topological polar surface area (TPSA) is 82.8 Å². The number of carboxylic acid groups (broad SMARTS) is 1. The van der Waals surface area contributed by atoms with E-state index in [9.17, 15) is 4.79 Å². The Bertz CT molecular complexity index is 1120. The van der Waals surface area contributed by atoms with Crippen LogP contribution in [-0.2, 0) is 27.2 Å². The van der Waals surface area contributed by atoms with Crippen LogP contribution in [0.3, 0.4) is 0 Å². The minimum Gasteiger partial charge on any atom is -0.497 e. The Morgan fingerprint density at radius 2 is 1.72 bits per heavy atom. The molecule has 7 heteroatoms. The molecule has 1 fully saturated rings. The van der Waals surface area contributed by atoms with Crippen molar-refractivity contribution in [3.05, 3.63) is 60.3 Å². The second kappa shape index (κ2) is 12.7. The lowest BCUT2D eigenvalue weighted by Crippen LogP contribution is -2.23. The second-order valence-electron chi connectivity index (χ2n) is 9.49. The summed E-state index contributed by atoms with van der Waals surface area (Å²) >= 11 is 0. The van der Waals surface area contributed by atoms with E-state index in [0.29, 0.717) is 25.0 Å². The molecule has 0 atom stereocenters. The molecule has 192 valence electrons. The molecule has 7 nitrogen and oxygen atoms in total. The number of nitrogens with zero attached hydrogens (tertiary/aromatic N) is 2. The van der Waals surface area contributed by atoms with E-state index >= 15 is 0 Å². The van der Waals surface area contributed by atoms with E-state index in [-0.39, 0.29) is 6.61 Å². The minimum atomic E-state index is -0.911. The van der Waals surface area contributed by atoms with Crippen LogP contribution in [0, 0.1) is 11.8 Å². The number of carbonyl (C=O) groups is 1. The SMILES string of the molecule is COCCc1nn(C[C@H]2CC[C@H](COCC(=O)O)CC2)c(-c2cccc(OC)c2)c1-c1ccccc1. The minimum absolute atomic E-state index is 0.219. The molecule has 36 heavy (non-hydrogen) atoms. The van der Waals surface area contributed by atoms with Crippen molar-refractivity contribution in [2.24, 2.45) is 11.8 Å². The summed E-state index contributed by atoms with van der Waals surface area (Å²) < 4.78 is 18.5. The molecule has 0 amide bonds. The molecule has 0 spiro atoms. The van der Waals surface area contributed by atoms with Crippen LogP contribution in [0.15, 0.2) is 54.6 Å². The number of hydrogen-bond acceptors (Lipinski definition) is 5. The summed E-state index contributed by atoms with van der Waals surface area (Å²) in [6, 6.07) is 18.6. The Kier molecular flexibility index (Phi) is 9.14. The van der Waals surface area contributed by atoms with Crippen molar-refractivity contribution in [3.63, 3.8) is 0 Å². The fourth-order valence-electron chi connectivity index (χ4n) is 5.13. The van der Waals surface area contributed by atoms with Gasteiger partial charge in [0.2, 0.25) is 0 Å². The summed E-state index contributed by atoms with van der Waals surface area (Å²) in [7, 11) is 3.41. The van der Waals surface area contributed by atoms with Crippen molar-refractivity contribution < 1.29 is 24.1 Å². The van der Waals surface area contributed by atoms with Crippen LogP contribution in [0.5, 0.6) is 5.75 Å². The van der Waals surface area contributed by atoms with Gasteiger partial charge in [0.25, 0.3) is 0 Å². The highest BCUT2D eigenvalue weighted by molar-refractivity contribution is 5.83. The first kappa shape index (κ1) is 25.9. The molecule has 1 saturated carbocycles. The lowest BCUT2D eigenvalue weighted by molar-refractivity contribution is -0.142. The molecule has 1 N–H and O–H groups in total. The lowest BCUT2D eigenvalue weighted by Gasteiger charge is -2.28. The van der Waals surface area contributed by atoms with E-state index in [1.165, 1.54) is 0 Å². The third kappa shape index (κ3) is 6.53. The van der Waals surface area contributed by atoms with Gasteiger partial charge in [-0.05, 0) is 55.2 Å². The summed E-state index contributed by atoms with van der Waals surface area (Å²) in [5.41, 5.74) is 5.53. The zero-order valence-electron chi connectivity index (χ0n) is 21.2. The number of aliphatic carboxylic acids is 1. The molecule has 0 saturated heterocycles. The van der Waals surface area contributed by atoms with Crippen LogP contribution in [-0.4, -0.2) is 54.9 Å². The van der Waals surface area contributed by atoms with Gasteiger partial charge in [0, 0.05) is 31.2 Å². The first-order valence-electron chi connectivity index (χ1n) is 12.7. The first-order chi connectivity index (χ1) is 17.6. The second-order valence-corrected chi connectivity index (χ2v) is 9.49. The summed E-state index contributed by atoms with van der Waals surface area (Å²) in [5.74, 6) is 0.836. The van der Waals surface area contributed by atoms with Crippen LogP contribution in [0.2, 0.25) is 0 Å². The van der Waals surface area contributed by atoms with Gasteiger partial charge in [-0.3, -0.25) is 4.68 Å². The number of aromatic nitrogens is 2. The van der Waals surface area contributed by atoms with Crippen LogP contribution >= 0.6 is 0 Å². The number of methoxy groups -OCH3 is 2. The van der Waals surface area contributed by atoms with Crippen molar-refractivity contribution in [3.8, 4) is 28.1 Å². The highest BCUT2D eigenvalue weighted by Gasteiger charge is 2.26. The molecule has 1 aliphatic rings. The van der Waals surface area contributed by atoms with Gasteiger partial charge in [-0.15, -0.1) is 0 Å². The molecule has 1 heterocycles. The highest BCUT2D eigenvalue weighted by atomic mass is 16.5. The highest BCUT2D eigenvalue weighted by Crippen LogP contribution is 2.38. The van der Waals surface area contributed by atoms with Crippen LogP contribution in [0.25, 0.3) is 22.4 Å². The average Bonchev–Trinajstić information content (AvgIpc) is 3.26. The van der Waals surface area contributed by atoms with Crippen molar-refractivity contribution in [1.29, 1.82) is 0 Å². The van der Waals surface area contributed by atoms with E-state index in [4.69, 9.17) is 24.4 Å². The zero-order chi connectivity index (χ0) is 25.3. The predicted octanol–water partition coefficient (Wildman–Crippen LogP) is 5.32. The van der Waals surface area contributed by atoms with Crippen molar-refractivity contribution in [1.82, 2.24) is 9.78 Å². The Morgan fingerprint density at radius 1 is 1.00 bits per heavy atom. The van der Waals surface area contributed by atoms with E-state index in [1.807, 2.05) is 18.2 Å². The van der Waals surface area contributed by atoms with Crippen molar-refractivity contribution in [2.75, 3.05) is 34.0 Å². The van der Waals surface area contributed by atoms with Crippen LogP contribution in [0.1, 0.15) is 31.4 Å². The Balaban J connectivity index is 1.63. The summed E-state index contributed by atoms with van der Waals surface area (Å²) in [5, 5.41) is 14.0. The predicted molar refractivity (Wildman–Crippen MR) is 139 cm³/mol. The third-order valence-corrected chi connectivity index (χ3v) is 6.95. The number of hydrogen-bond donors (Lipinski definition) is 1. The van der Waals surface area contributed by atoms with Gasteiger partial charge in [0.05, 0.1) is 31.7 Å². The Morgan fingerprint density at radius 3 is 2.42 bits per heavy atom. The van der Waals surface area contributed by atoms with E-state index in [1.54, 1.807) is 14.2 Å². The lowest BCUT2D eigenvalue weighted by atomic mass is 9.82. The first-order valence-corrected chi connectivity index (χ1v) is 12.7. The Hall–Kier alpha value is -3.16. The van der Waals surface area contributed by atoms with E-state index < -0.39 is 5.97 Å². The molecule has 0 unspecified atom stereocenters. The van der Waals surface area contributed by atoms with Gasteiger partial charge in [-0.1, -0.05) is 42.5 Å². The van der Waals surface area contributed by atoms with Gasteiger partial charge in [0.15, 0.2) is 0 Å². The number of rotatable bonds is 12. The smallest absolute Gasteiger partial charge is 0.329 e. The van der Waals surface area contributed by atoms with E-state index in [2.05, 4.69) is 41.1 Å². The average molecular weight is 493 g/mol. The van der Waals surface area contributed by atoms with Crippen molar-refractivity contribution >= 4 is 5.97 Å². The molecule has 0 bridgehead atoms. The molecule has 0 aliphatic heterocycles. The maximum atomic E-state index is 10.7. The molecule has 1 aromatic heterocycles. The monoisotopic (exact) mass is 492 g/mol. The van der Waals surface area contributed by atoms with Gasteiger partial charge in [-0.2, -0.15) is 5.10 Å². The zero-order valence-corrected chi connectivity index (χ0v) is 21.2. The molecular formula is C29H36N2O5. The van der Waals surface area contributed by atoms with Crippen LogP contribution in [0.4, 0.5) is 0 Å². The normalized spacial score (nSPS) is 17.7. The fraction of sp³-hybridized carbons (Fsp3) is 0.448. The molecule has 2 aromatic carbocycles.